The molecule has 0 unspecified atom stereocenters. The first-order chi connectivity index (χ1) is 27.0. The smallest absolute Gasteiger partial charge is 0.235 e. The number of nitrogens with zero attached hydrogens (tertiary/aromatic N) is 3. The van der Waals surface area contributed by atoms with Crippen LogP contribution in [0, 0.1) is 0 Å². The first-order valence-electron chi connectivity index (χ1n) is 18.9. The number of thiophene rings is 1. The summed E-state index contributed by atoms with van der Waals surface area (Å²) < 4.78 is 4.66. The Morgan fingerprint density at radius 2 is 1.22 bits per heavy atom. The molecule has 0 spiro atoms. The van der Waals surface area contributed by atoms with Gasteiger partial charge in [-0.1, -0.05) is 153 Å². The van der Waals surface area contributed by atoms with Gasteiger partial charge in [0, 0.05) is 37.4 Å². The largest absolute Gasteiger partial charge is 0.277 e. The van der Waals surface area contributed by atoms with Crippen molar-refractivity contribution in [3.05, 3.63) is 175 Å². The van der Waals surface area contributed by atoms with Gasteiger partial charge in [-0.15, -0.1) is 11.3 Å². The summed E-state index contributed by atoms with van der Waals surface area (Å²) >= 11 is 1.77. The average molecular weight is 720 g/mol. The van der Waals surface area contributed by atoms with Crippen molar-refractivity contribution >= 4 is 75.0 Å². The van der Waals surface area contributed by atoms with Crippen molar-refractivity contribution in [1.82, 2.24) is 14.5 Å². The molecule has 0 saturated heterocycles. The van der Waals surface area contributed by atoms with Crippen LogP contribution in [-0.4, -0.2) is 14.5 Å². The molecular formula is C51H33N3S. The van der Waals surface area contributed by atoms with E-state index < -0.39 is 0 Å². The molecule has 0 atom stereocenters. The molecule has 0 fully saturated rings. The first-order valence-corrected chi connectivity index (χ1v) is 19.7. The maximum atomic E-state index is 5.53. The van der Waals surface area contributed by atoms with E-state index in [0.717, 1.165) is 43.5 Å². The minimum atomic E-state index is -0.103. The third-order valence-corrected chi connectivity index (χ3v) is 13.2. The van der Waals surface area contributed by atoms with Crippen molar-refractivity contribution in [1.29, 1.82) is 0 Å². The lowest BCUT2D eigenvalue weighted by Crippen LogP contribution is -2.14. The monoisotopic (exact) mass is 719 g/mol. The second-order valence-electron chi connectivity index (χ2n) is 15.4. The minimum Gasteiger partial charge on any atom is -0.277 e. The van der Waals surface area contributed by atoms with Crippen molar-refractivity contribution in [3.63, 3.8) is 0 Å². The fraction of sp³-hybridized carbons (Fsp3) is 0.0588. The molecule has 8 aromatic carbocycles. The van der Waals surface area contributed by atoms with Crippen LogP contribution >= 0.6 is 11.3 Å². The molecular weight excluding hydrogens is 687 g/mol. The number of para-hydroxylation sites is 1. The van der Waals surface area contributed by atoms with Gasteiger partial charge in [0.05, 0.1) is 26.9 Å². The fourth-order valence-electron chi connectivity index (χ4n) is 9.35. The molecule has 3 nitrogen and oxygen atoms in total. The third-order valence-electron chi connectivity index (χ3n) is 12.0. The zero-order chi connectivity index (χ0) is 36.4. The molecule has 0 radical (unpaired) electrons. The van der Waals surface area contributed by atoms with Crippen molar-refractivity contribution in [2.75, 3.05) is 0 Å². The van der Waals surface area contributed by atoms with E-state index in [1.165, 1.54) is 64.8 Å². The van der Waals surface area contributed by atoms with Crippen LogP contribution in [0.2, 0.25) is 0 Å². The van der Waals surface area contributed by atoms with E-state index >= 15 is 0 Å². The SMILES string of the molecule is CC1(C)c2ccc(-c3cccc4c5cc6ccccc6cc5n(-c5nc(-c6ccccc6)c6sc7ccccc7c6n5)c34)cc2-c2c1ccc1ccccc21. The molecule has 0 aliphatic heterocycles. The second-order valence-corrected chi connectivity index (χ2v) is 16.4. The normalized spacial score (nSPS) is 13.4. The molecule has 55 heavy (non-hydrogen) atoms. The van der Waals surface area contributed by atoms with Gasteiger partial charge >= 0.3 is 0 Å². The number of benzene rings is 8. The Morgan fingerprint density at radius 3 is 2.07 bits per heavy atom. The van der Waals surface area contributed by atoms with Crippen LogP contribution < -0.4 is 0 Å². The third kappa shape index (κ3) is 4.31. The van der Waals surface area contributed by atoms with Gasteiger partial charge < -0.3 is 0 Å². The molecule has 3 aromatic heterocycles. The molecule has 258 valence electrons. The van der Waals surface area contributed by atoms with Gasteiger partial charge in [-0.05, 0) is 73.6 Å². The molecule has 11 aromatic rings. The predicted molar refractivity (Wildman–Crippen MR) is 233 cm³/mol. The summed E-state index contributed by atoms with van der Waals surface area (Å²) in [5.74, 6) is 0.677. The minimum absolute atomic E-state index is 0.103. The van der Waals surface area contributed by atoms with Gasteiger partial charge in [0.25, 0.3) is 0 Å². The lowest BCUT2D eigenvalue weighted by Gasteiger charge is -2.21. The van der Waals surface area contributed by atoms with Crippen LogP contribution in [0.3, 0.4) is 0 Å². The van der Waals surface area contributed by atoms with Crippen LogP contribution in [-0.2, 0) is 5.41 Å². The topological polar surface area (TPSA) is 30.7 Å². The molecule has 3 heterocycles. The summed E-state index contributed by atoms with van der Waals surface area (Å²) in [4.78, 5) is 11.0. The lowest BCUT2D eigenvalue weighted by molar-refractivity contribution is 0.661. The van der Waals surface area contributed by atoms with Crippen LogP contribution in [0.4, 0.5) is 0 Å². The van der Waals surface area contributed by atoms with Crippen LogP contribution in [0.1, 0.15) is 25.0 Å². The van der Waals surface area contributed by atoms with Crippen molar-refractivity contribution in [2.45, 2.75) is 19.3 Å². The quantitative estimate of drug-likeness (QED) is 0.182. The van der Waals surface area contributed by atoms with Crippen LogP contribution in [0.25, 0.3) is 103 Å². The Kier molecular flexibility index (Phi) is 6.27. The maximum absolute atomic E-state index is 5.53. The Bertz CT molecular complexity index is 3400. The zero-order valence-corrected chi connectivity index (χ0v) is 31.2. The summed E-state index contributed by atoms with van der Waals surface area (Å²) in [6, 6.07) is 59.8. The molecule has 0 bridgehead atoms. The van der Waals surface area contributed by atoms with Gasteiger partial charge in [-0.2, -0.15) is 0 Å². The lowest BCUT2D eigenvalue weighted by atomic mass is 9.82. The van der Waals surface area contributed by atoms with E-state index in [1.54, 1.807) is 11.3 Å². The summed E-state index contributed by atoms with van der Waals surface area (Å²) in [5, 5.41) is 8.51. The van der Waals surface area contributed by atoms with Crippen LogP contribution in [0.15, 0.2) is 164 Å². The van der Waals surface area contributed by atoms with Gasteiger partial charge in [0.2, 0.25) is 5.95 Å². The maximum Gasteiger partial charge on any atom is 0.235 e. The molecule has 0 saturated carbocycles. The standard InChI is InChI=1S/C51H33N3S/c1-51(2)41-25-24-34(28-40(41)45-35-18-9-8-13-30(35)23-26-42(45)51)36-20-12-21-37-39-27-32-16-6-7-17-33(32)29-43(39)54(48(36)37)50-52-46(31-14-4-3-5-15-31)49-47(53-50)38-19-10-11-22-44(38)55-49/h3-29H,1-2H3. The Balaban J connectivity index is 1.20. The van der Waals surface area contributed by atoms with E-state index in [4.69, 9.17) is 9.97 Å². The van der Waals surface area contributed by atoms with E-state index in [9.17, 15) is 0 Å². The highest BCUT2D eigenvalue weighted by Crippen LogP contribution is 2.53. The van der Waals surface area contributed by atoms with Crippen molar-refractivity contribution in [2.24, 2.45) is 0 Å². The number of rotatable bonds is 3. The highest BCUT2D eigenvalue weighted by molar-refractivity contribution is 7.26. The number of hydrogen-bond acceptors (Lipinski definition) is 3. The molecule has 12 rings (SSSR count). The van der Waals surface area contributed by atoms with Gasteiger partial charge in [-0.25, -0.2) is 9.97 Å². The van der Waals surface area contributed by atoms with E-state index in [-0.39, 0.29) is 5.41 Å². The van der Waals surface area contributed by atoms with Gasteiger partial charge in [-0.3, -0.25) is 4.57 Å². The predicted octanol–water partition coefficient (Wildman–Crippen LogP) is 13.9. The summed E-state index contributed by atoms with van der Waals surface area (Å²) in [6.45, 7) is 4.72. The van der Waals surface area contributed by atoms with Crippen molar-refractivity contribution in [3.8, 4) is 39.5 Å². The molecule has 1 aliphatic carbocycles. The zero-order valence-electron chi connectivity index (χ0n) is 30.3. The average Bonchev–Trinajstić information content (AvgIpc) is 3.85. The van der Waals surface area contributed by atoms with Crippen LogP contribution in [0.5, 0.6) is 0 Å². The number of aromatic nitrogens is 3. The summed E-state index contributed by atoms with van der Waals surface area (Å²) in [5.41, 5.74) is 12.9. The Hall–Kier alpha value is -6.62. The Morgan fingerprint density at radius 1 is 0.509 bits per heavy atom. The fourth-order valence-corrected chi connectivity index (χ4v) is 10.5. The first kappa shape index (κ1) is 30.8. The summed E-state index contributed by atoms with van der Waals surface area (Å²) in [7, 11) is 0. The van der Waals surface area contributed by atoms with Gasteiger partial charge in [0.15, 0.2) is 0 Å². The van der Waals surface area contributed by atoms with E-state index in [1.807, 2.05) is 0 Å². The Labute approximate surface area is 321 Å². The molecule has 0 amide bonds. The molecule has 4 heteroatoms. The summed E-state index contributed by atoms with van der Waals surface area (Å²) in [6.07, 6.45) is 0. The number of hydrogen-bond donors (Lipinski definition) is 0. The van der Waals surface area contributed by atoms with E-state index in [0.29, 0.717) is 5.95 Å². The van der Waals surface area contributed by atoms with Crippen molar-refractivity contribution < 1.29 is 0 Å². The molecule has 1 aliphatic rings. The highest BCUT2D eigenvalue weighted by atomic mass is 32.1. The number of fused-ring (bicyclic) bond motifs is 12. The highest BCUT2D eigenvalue weighted by Gasteiger charge is 2.36. The van der Waals surface area contributed by atoms with Gasteiger partial charge in [0.1, 0.15) is 0 Å². The second kappa shape index (κ2) is 11.2. The van der Waals surface area contributed by atoms with E-state index in [2.05, 4.69) is 182 Å². The molecule has 0 N–H and O–H groups in total.